The fourth-order valence-corrected chi connectivity index (χ4v) is 2.56. The maximum Gasteiger partial charge on any atom is 0.0771 e. The molecule has 0 bridgehead atoms. The zero-order chi connectivity index (χ0) is 14.7. The van der Waals surface area contributed by atoms with Crippen molar-refractivity contribution in [2.24, 2.45) is 7.05 Å². The fraction of sp³-hybridized carbons (Fsp3) is 0.167. The predicted octanol–water partition coefficient (Wildman–Crippen LogP) is 3.93. The van der Waals surface area contributed by atoms with Crippen LogP contribution in [0.25, 0.3) is 0 Å². The highest BCUT2D eigenvalue weighted by molar-refractivity contribution is 5.48. The molecule has 1 heterocycles. The molecule has 106 valence electrons. The van der Waals surface area contributed by atoms with Crippen LogP contribution in [0.2, 0.25) is 0 Å². The third-order valence-corrected chi connectivity index (χ3v) is 3.65. The molecule has 0 saturated carbocycles. The van der Waals surface area contributed by atoms with Crippen LogP contribution in [0.3, 0.4) is 0 Å². The van der Waals surface area contributed by atoms with Crippen LogP contribution < -0.4 is 5.32 Å². The fourth-order valence-electron chi connectivity index (χ4n) is 2.56. The molecule has 2 aromatic carbocycles. The van der Waals surface area contributed by atoms with Crippen molar-refractivity contribution < 1.29 is 0 Å². The topological polar surface area (TPSA) is 29.9 Å². The van der Waals surface area contributed by atoms with Crippen molar-refractivity contribution in [2.75, 3.05) is 5.32 Å². The van der Waals surface area contributed by atoms with Crippen LogP contribution in [0.4, 0.5) is 5.69 Å². The summed E-state index contributed by atoms with van der Waals surface area (Å²) < 4.78 is 1.81. The largest absolute Gasteiger partial charge is 0.372 e. The lowest BCUT2D eigenvalue weighted by Crippen LogP contribution is -2.13. The summed E-state index contributed by atoms with van der Waals surface area (Å²) in [6, 6.07) is 19.1. The predicted molar refractivity (Wildman–Crippen MR) is 86.3 cm³/mol. The van der Waals surface area contributed by atoms with E-state index < -0.39 is 0 Å². The van der Waals surface area contributed by atoms with Crippen LogP contribution in [0.5, 0.6) is 0 Å². The second kappa shape index (κ2) is 5.83. The average molecular weight is 277 g/mol. The van der Waals surface area contributed by atoms with Gasteiger partial charge in [-0.15, -0.1) is 0 Å². The zero-order valence-electron chi connectivity index (χ0n) is 12.3. The minimum atomic E-state index is 0.122. The molecule has 0 fully saturated rings. The molecule has 1 unspecified atom stereocenters. The molecule has 3 heteroatoms. The standard InChI is InChI=1S/C18H19N3/c1-14-8-6-7-11-17(14)18(15-9-4-3-5-10-15)20-16-12-19-21(2)13-16/h3-13,18,20H,1-2H3. The van der Waals surface area contributed by atoms with Gasteiger partial charge in [0.25, 0.3) is 0 Å². The summed E-state index contributed by atoms with van der Waals surface area (Å²) >= 11 is 0. The van der Waals surface area contributed by atoms with Gasteiger partial charge in [0.2, 0.25) is 0 Å². The molecule has 3 rings (SSSR count). The number of rotatable bonds is 4. The lowest BCUT2D eigenvalue weighted by Gasteiger charge is -2.21. The first-order valence-corrected chi connectivity index (χ1v) is 7.10. The van der Waals surface area contributed by atoms with Crippen LogP contribution >= 0.6 is 0 Å². The Morgan fingerprint density at radius 3 is 2.38 bits per heavy atom. The number of nitrogens with zero attached hydrogens (tertiary/aromatic N) is 2. The van der Waals surface area contributed by atoms with Gasteiger partial charge in [0.1, 0.15) is 0 Å². The molecule has 0 aliphatic carbocycles. The minimum Gasteiger partial charge on any atom is -0.372 e. The summed E-state index contributed by atoms with van der Waals surface area (Å²) in [7, 11) is 1.93. The monoisotopic (exact) mass is 277 g/mol. The van der Waals surface area contributed by atoms with Crippen molar-refractivity contribution in [3.8, 4) is 0 Å². The molecule has 1 aromatic heterocycles. The van der Waals surface area contributed by atoms with Gasteiger partial charge in [-0.3, -0.25) is 4.68 Å². The van der Waals surface area contributed by atoms with Gasteiger partial charge in [0, 0.05) is 13.2 Å². The second-order valence-electron chi connectivity index (χ2n) is 5.25. The number of nitrogens with one attached hydrogen (secondary N) is 1. The Morgan fingerprint density at radius 1 is 1.00 bits per heavy atom. The Balaban J connectivity index is 2.01. The summed E-state index contributed by atoms with van der Waals surface area (Å²) in [4.78, 5) is 0. The van der Waals surface area contributed by atoms with Crippen LogP contribution in [-0.2, 0) is 7.05 Å². The summed E-state index contributed by atoms with van der Waals surface area (Å²) in [5, 5.41) is 7.82. The Labute approximate surface area is 125 Å². The van der Waals surface area contributed by atoms with Crippen LogP contribution in [0.1, 0.15) is 22.7 Å². The van der Waals surface area contributed by atoms with Crippen molar-refractivity contribution in [2.45, 2.75) is 13.0 Å². The lowest BCUT2D eigenvalue weighted by molar-refractivity contribution is 0.767. The number of hydrogen-bond acceptors (Lipinski definition) is 2. The van der Waals surface area contributed by atoms with Gasteiger partial charge in [-0.05, 0) is 23.6 Å². The molecular weight excluding hydrogens is 258 g/mol. The van der Waals surface area contributed by atoms with E-state index in [0.717, 1.165) is 5.69 Å². The summed E-state index contributed by atoms with van der Waals surface area (Å²) in [5.41, 5.74) is 4.83. The van der Waals surface area contributed by atoms with E-state index in [1.165, 1.54) is 16.7 Å². The number of benzene rings is 2. The SMILES string of the molecule is Cc1ccccc1C(Nc1cnn(C)c1)c1ccccc1. The molecule has 3 aromatic rings. The molecule has 21 heavy (non-hydrogen) atoms. The van der Waals surface area contributed by atoms with Gasteiger partial charge in [-0.25, -0.2) is 0 Å². The summed E-state index contributed by atoms with van der Waals surface area (Å²) in [6.45, 7) is 2.15. The Kier molecular flexibility index (Phi) is 3.73. The van der Waals surface area contributed by atoms with Gasteiger partial charge < -0.3 is 5.32 Å². The Morgan fingerprint density at radius 2 is 1.71 bits per heavy atom. The first-order valence-electron chi connectivity index (χ1n) is 7.10. The first kappa shape index (κ1) is 13.4. The quantitative estimate of drug-likeness (QED) is 0.783. The van der Waals surface area contributed by atoms with Gasteiger partial charge in [-0.2, -0.15) is 5.10 Å². The Hall–Kier alpha value is -2.55. The minimum absolute atomic E-state index is 0.122. The van der Waals surface area contributed by atoms with Gasteiger partial charge >= 0.3 is 0 Å². The molecule has 1 atom stereocenters. The van der Waals surface area contributed by atoms with Crippen LogP contribution in [0.15, 0.2) is 67.0 Å². The van der Waals surface area contributed by atoms with Crippen molar-refractivity contribution in [1.82, 2.24) is 9.78 Å². The van der Waals surface area contributed by atoms with Crippen LogP contribution in [-0.4, -0.2) is 9.78 Å². The van der Waals surface area contributed by atoms with E-state index in [2.05, 4.69) is 65.9 Å². The van der Waals surface area contributed by atoms with E-state index in [9.17, 15) is 0 Å². The van der Waals surface area contributed by atoms with E-state index in [1.54, 1.807) is 0 Å². The van der Waals surface area contributed by atoms with E-state index >= 15 is 0 Å². The highest BCUT2D eigenvalue weighted by Gasteiger charge is 2.16. The normalized spacial score (nSPS) is 12.1. The lowest BCUT2D eigenvalue weighted by atomic mass is 9.95. The molecular formula is C18H19N3. The molecule has 0 amide bonds. The highest BCUT2D eigenvalue weighted by atomic mass is 15.3. The average Bonchev–Trinajstić information content (AvgIpc) is 2.92. The first-order chi connectivity index (χ1) is 10.2. The van der Waals surface area contributed by atoms with E-state index in [0.29, 0.717) is 0 Å². The van der Waals surface area contributed by atoms with Gasteiger partial charge in [-0.1, -0.05) is 54.6 Å². The molecule has 0 aliphatic heterocycles. The van der Waals surface area contributed by atoms with Crippen molar-refractivity contribution >= 4 is 5.69 Å². The maximum atomic E-state index is 4.23. The highest BCUT2D eigenvalue weighted by Crippen LogP contribution is 2.28. The maximum absolute atomic E-state index is 4.23. The van der Waals surface area contributed by atoms with E-state index in [1.807, 2.05) is 30.2 Å². The van der Waals surface area contributed by atoms with E-state index in [-0.39, 0.29) is 6.04 Å². The third kappa shape index (κ3) is 2.97. The third-order valence-electron chi connectivity index (χ3n) is 3.65. The number of aryl methyl sites for hydroxylation is 2. The van der Waals surface area contributed by atoms with Crippen LogP contribution in [0, 0.1) is 6.92 Å². The molecule has 0 spiro atoms. The summed E-state index contributed by atoms with van der Waals surface area (Å²) in [6.07, 6.45) is 3.85. The van der Waals surface area contributed by atoms with Crippen molar-refractivity contribution in [1.29, 1.82) is 0 Å². The second-order valence-corrected chi connectivity index (χ2v) is 5.25. The number of hydrogen-bond donors (Lipinski definition) is 1. The zero-order valence-corrected chi connectivity index (χ0v) is 12.3. The summed E-state index contributed by atoms with van der Waals surface area (Å²) in [5.74, 6) is 0. The Bertz CT molecular complexity index is 716. The molecule has 0 saturated heterocycles. The number of aromatic nitrogens is 2. The van der Waals surface area contributed by atoms with Gasteiger partial charge in [0.05, 0.1) is 17.9 Å². The van der Waals surface area contributed by atoms with Crippen molar-refractivity contribution in [3.63, 3.8) is 0 Å². The smallest absolute Gasteiger partial charge is 0.0771 e. The van der Waals surface area contributed by atoms with E-state index in [4.69, 9.17) is 0 Å². The molecule has 0 aliphatic rings. The van der Waals surface area contributed by atoms with Gasteiger partial charge in [0.15, 0.2) is 0 Å². The van der Waals surface area contributed by atoms with Crippen molar-refractivity contribution in [3.05, 3.63) is 83.7 Å². The molecule has 0 radical (unpaired) electrons. The number of anilines is 1. The molecule has 1 N–H and O–H groups in total. The molecule has 3 nitrogen and oxygen atoms in total.